The van der Waals surface area contributed by atoms with Gasteiger partial charge in [0, 0.05) is 11.4 Å². The molecule has 2 heterocycles. The zero-order valence-corrected chi connectivity index (χ0v) is 12.9. The third-order valence-electron chi connectivity index (χ3n) is 3.66. The van der Waals surface area contributed by atoms with E-state index in [1.165, 1.54) is 11.3 Å². The normalized spacial score (nSPS) is 19.7. The van der Waals surface area contributed by atoms with Crippen molar-refractivity contribution >= 4 is 21.4 Å². The second-order valence-electron chi connectivity index (χ2n) is 4.96. The fourth-order valence-corrected chi connectivity index (χ4v) is 5.30. The van der Waals surface area contributed by atoms with E-state index < -0.39 is 38.4 Å². The van der Waals surface area contributed by atoms with Crippen LogP contribution in [0.25, 0.3) is 0 Å². The van der Waals surface area contributed by atoms with E-state index >= 15 is 0 Å². The van der Waals surface area contributed by atoms with Crippen molar-refractivity contribution in [2.24, 2.45) is 0 Å². The van der Waals surface area contributed by atoms with Crippen molar-refractivity contribution in [3.8, 4) is 0 Å². The quantitative estimate of drug-likeness (QED) is 0.794. The standard InChI is InChI=1S/C14H12F3NO2S2/c15-9-5-6-12(14(17)13(9)16)22(19,20)18-7-1-3-10(18)11-4-2-8-21-11/h2,4-6,8,10H,1,3,7H2. The van der Waals surface area contributed by atoms with Crippen molar-refractivity contribution in [3.05, 3.63) is 52.0 Å². The van der Waals surface area contributed by atoms with E-state index in [-0.39, 0.29) is 6.54 Å². The molecule has 118 valence electrons. The molecule has 1 fully saturated rings. The molecule has 22 heavy (non-hydrogen) atoms. The van der Waals surface area contributed by atoms with Crippen LogP contribution in [0.1, 0.15) is 23.8 Å². The molecule has 1 unspecified atom stereocenters. The molecule has 1 aliphatic heterocycles. The minimum Gasteiger partial charge on any atom is -0.207 e. The van der Waals surface area contributed by atoms with Gasteiger partial charge in [-0.3, -0.25) is 0 Å². The van der Waals surface area contributed by atoms with Gasteiger partial charge in [0.1, 0.15) is 4.90 Å². The van der Waals surface area contributed by atoms with Gasteiger partial charge in [-0.05, 0) is 36.4 Å². The minimum atomic E-state index is -4.23. The molecular formula is C14H12F3NO2S2. The Bertz CT molecular complexity index is 791. The zero-order valence-electron chi connectivity index (χ0n) is 11.3. The summed E-state index contributed by atoms with van der Waals surface area (Å²) in [7, 11) is -4.23. The fourth-order valence-electron chi connectivity index (χ4n) is 2.63. The Kier molecular flexibility index (Phi) is 4.00. The molecule has 0 saturated carbocycles. The number of benzene rings is 1. The number of hydrogen-bond acceptors (Lipinski definition) is 3. The summed E-state index contributed by atoms with van der Waals surface area (Å²) >= 11 is 1.41. The lowest BCUT2D eigenvalue weighted by molar-refractivity contribution is 0.390. The maximum atomic E-state index is 13.9. The van der Waals surface area contributed by atoms with Crippen LogP contribution in [0.4, 0.5) is 13.2 Å². The Hall–Kier alpha value is -1.38. The van der Waals surface area contributed by atoms with Crippen LogP contribution in [0.15, 0.2) is 34.5 Å². The zero-order chi connectivity index (χ0) is 15.9. The van der Waals surface area contributed by atoms with Gasteiger partial charge in [0.15, 0.2) is 17.5 Å². The number of thiophene rings is 1. The van der Waals surface area contributed by atoms with Gasteiger partial charge in [0.25, 0.3) is 0 Å². The second kappa shape index (κ2) is 5.68. The molecular weight excluding hydrogens is 335 g/mol. The van der Waals surface area contributed by atoms with Gasteiger partial charge in [0.05, 0.1) is 6.04 Å². The molecule has 0 aliphatic carbocycles. The van der Waals surface area contributed by atoms with Crippen LogP contribution in [-0.2, 0) is 10.0 Å². The third-order valence-corrected chi connectivity index (χ3v) is 6.56. The van der Waals surface area contributed by atoms with Crippen molar-refractivity contribution in [2.45, 2.75) is 23.8 Å². The molecule has 1 aromatic heterocycles. The average Bonchev–Trinajstić information content (AvgIpc) is 3.14. The van der Waals surface area contributed by atoms with E-state index in [1.54, 1.807) is 6.07 Å². The summed E-state index contributed by atoms with van der Waals surface area (Å²) in [6.07, 6.45) is 1.25. The van der Waals surface area contributed by atoms with Crippen molar-refractivity contribution < 1.29 is 21.6 Å². The molecule has 8 heteroatoms. The molecule has 1 saturated heterocycles. The van der Waals surface area contributed by atoms with E-state index in [0.29, 0.717) is 18.9 Å². The highest BCUT2D eigenvalue weighted by atomic mass is 32.2. The van der Waals surface area contributed by atoms with Crippen LogP contribution in [0.3, 0.4) is 0 Å². The second-order valence-corrected chi connectivity index (χ2v) is 7.80. The Labute approximate surface area is 130 Å². The summed E-state index contributed by atoms with van der Waals surface area (Å²) in [4.78, 5) is 0.0268. The van der Waals surface area contributed by atoms with Crippen molar-refractivity contribution in [2.75, 3.05) is 6.54 Å². The van der Waals surface area contributed by atoms with Crippen molar-refractivity contribution in [1.29, 1.82) is 0 Å². The van der Waals surface area contributed by atoms with E-state index in [9.17, 15) is 21.6 Å². The van der Waals surface area contributed by atoms with Crippen LogP contribution >= 0.6 is 11.3 Å². The lowest BCUT2D eigenvalue weighted by Gasteiger charge is -2.23. The van der Waals surface area contributed by atoms with Crippen molar-refractivity contribution in [1.82, 2.24) is 4.31 Å². The molecule has 0 amide bonds. The first-order valence-electron chi connectivity index (χ1n) is 6.61. The number of nitrogens with zero attached hydrogens (tertiary/aromatic N) is 1. The molecule has 0 bridgehead atoms. The molecule has 1 aliphatic rings. The summed E-state index contributed by atoms with van der Waals surface area (Å²) in [5.41, 5.74) is 0. The van der Waals surface area contributed by atoms with Crippen LogP contribution in [0.5, 0.6) is 0 Å². The van der Waals surface area contributed by atoms with Gasteiger partial charge < -0.3 is 0 Å². The average molecular weight is 347 g/mol. The van der Waals surface area contributed by atoms with Crippen LogP contribution < -0.4 is 0 Å². The highest BCUT2D eigenvalue weighted by molar-refractivity contribution is 7.89. The largest absolute Gasteiger partial charge is 0.246 e. The monoisotopic (exact) mass is 347 g/mol. The van der Waals surface area contributed by atoms with Gasteiger partial charge in [-0.1, -0.05) is 6.07 Å². The number of halogens is 3. The van der Waals surface area contributed by atoms with Crippen LogP contribution in [0.2, 0.25) is 0 Å². The van der Waals surface area contributed by atoms with Gasteiger partial charge in [-0.25, -0.2) is 21.6 Å². The van der Waals surface area contributed by atoms with Crippen LogP contribution in [-0.4, -0.2) is 19.3 Å². The molecule has 3 rings (SSSR count). The highest BCUT2D eigenvalue weighted by Gasteiger charge is 2.38. The summed E-state index contributed by atoms with van der Waals surface area (Å²) < 4.78 is 66.6. The van der Waals surface area contributed by atoms with Crippen molar-refractivity contribution in [3.63, 3.8) is 0 Å². The maximum absolute atomic E-state index is 13.9. The lowest BCUT2D eigenvalue weighted by atomic mass is 10.2. The van der Waals surface area contributed by atoms with E-state index in [1.807, 2.05) is 11.4 Å². The summed E-state index contributed by atoms with van der Waals surface area (Å²) in [6.45, 7) is 0.226. The Morgan fingerprint density at radius 2 is 1.91 bits per heavy atom. The molecule has 0 spiro atoms. The topological polar surface area (TPSA) is 37.4 Å². The first kappa shape index (κ1) is 15.5. The Morgan fingerprint density at radius 1 is 1.14 bits per heavy atom. The van der Waals surface area contributed by atoms with Crippen LogP contribution in [0, 0.1) is 17.5 Å². The van der Waals surface area contributed by atoms with Gasteiger partial charge in [0.2, 0.25) is 10.0 Å². The molecule has 1 aromatic carbocycles. The van der Waals surface area contributed by atoms with Gasteiger partial charge in [-0.2, -0.15) is 4.31 Å². The SMILES string of the molecule is O=S(=O)(c1ccc(F)c(F)c1F)N1CCCC1c1cccs1. The fraction of sp³-hybridized carbons (Fsp3) is 0.286. The Balaban J connectivity index is 2.05. The van der Waals surface area contributed by atoms with E-state index in [4.69, 9.17) is 0 Å². The first-order valence-corrected chi connectivity index (χ1v) is 8.93. The third kappa shape index (κ3) is 2.45. The summed E-state index contributed by atoms with van der Waals surface area (Å²) in [5, 5.41) is 1.83. The molecule has 0 radical (unpaired) electrons. The molecule has 2 aromatic rings. The Morgan fingerprint density at radius 3 is 2.59 bits per heavy atom. The van der Waals surface area contributed by atoms with Gasteiger partial charge in [-0.15, -0.1) is 11.3 Å². The highest BCUT2D eigenvalue weighted by Crippen LogP contribution is 2.39. The lowest BCUT2D eigenvalue weighted by Crippen LogP contribution is -2.31. The number of rotatable bonds is 3. The summed E-state index contributed by atoms with van der Waals surface area (Å²) in [6, 6.07) is 4.62. The minimum absolute atomic E-state index is 0.226. The predicted octanol–water partition coefficient (Wildman–Crippen LogP) is 3.69. The first-order chi connectivity index (χ1) is 10.4. The van der Waals surface area contributed by atoms with E-state index in [0.717, 1.165) is 15.2 Å². The predicted molar refractivity (Wildman–Crippen MR) is 76.5 cm³/mol. The number of sulfonamides is 1. The number of hydrogen-bond donors (Lipinski definition) is 0. The van der Waals surface area contributed by atoms with E-state index in [2.05, 4.69) is 0 Å². The summed E-state index contributed by atoms with van der Waals surface area (Å²) in [5.74, 6) is -4.85. The molecule has 1 atom stereocenters. The maximum Gasteiger partial charge on any atom is 0.246 e. The smallest absolute Gasteiger partial charge is 0.207 e. The molecule has 0 N–H and O–H groups in total. The van der Waals surface area contributed by atoms with Gasteiger partial charge >= 0.3 is 0 Å². The molecule has 3 nitrogen and oxygen atoms in total.